The van der Waals surface area contributed by atoms with Gasteiger partial charge in [-0.3, -0.25) is 4.79 Å². The summed E-state index contributed by atoms with van der Waals surface area (Å²) < 4.78 is 57.4. The van der Waals surface area contributed by atoms with Crippen LogP contribution in [0.5, 0.6) is 0 Å². The SMILES string of the molecule is CC1(C)[C@H](C=O)[C@@H]1C(=O)OCc1c(F)c(F)cc(F)c1F. The maximum atomic E-state index is 13.4. The van der Waals surface area contributed by atoms with Crippen molar-refractivity contribution in [2.75, 3.05) is 0 Å². The molecule has 21 heavy (non-hydrogen) atoms. The predicted octanol–water partition coefficient (Wildman–Crippen LogP) is 2.76. The fourth-order valence-electron chi connectivity index (χ4n) is 2.36. The molecule has 1 saturated carbocycles. The van der Waals surface area contributed by atoms with E-state index < -0.39 is 58.7 Å². The van der Waals surface area contributed by atoms with Gasteiger partial charge in [0.2, 0.25) is 0 Å². The molecule has 0 unspecified atom stereocenters. The third-order valence-electron chi connectivity index (χ3n) is 3.87. The molecule has 0 bridgehead atoms. The number of hydrogen-bond donors (Lipinski definition) is 0. The second-order valence-electron chi connectivity index (χ2n) is 5.52. The lowest BCUT2D eigenvalue weighted by Gasteiger charge is -2.09. The number of aldehydes is 1. The molecule has 114 valence electrons. The first kappa shape index (κ1) is 15.5. The van der Waals surface area contributed by atoms with Gasteiger partial charge in [-0.05, 0) is 5.41 Å². The molecule has 0 amide bonds. The van der Waals surface area contributed by atoms with E-state index >= 15 is 0 Å². The number of ether oxygens (including phenoxy) is 1. The summed E-state index contributed by atoms with van der Waals surface area (Å²) in [5, 5.41) is 0. The highest BCUT2D eigenvalue weighted by Crippen LogP contribution is 2.57. The van der Waals surface area contributed by atoms with Crippen molar-refractivity contribution >= 4 is 12.3 Å². The first-order valence-electron chi connectivity index (χ1n) is 6.15. The van der Waals surface area contributed by atoms with Crippen molar-refractivity contribution in [1.29, 1.82) is 0 Å². The lowest BCUT2D eigenvalue weighted by molar-refractivity contribution is -0.148. The molecule has 0 aromatic heterocycles. The molecule has 0 heterocycles. The van der Waals surface area contributed by atoms with E-state index in [2.05, 4.69) is 4.74 Å². The standard InChI is InChI=1S/C14H12F4O3/c1-14(2)7(4-19)10(14)13(20)21-5-6-11(17)8(15)3-9(16)12(6)18/h3-4,7,10H,5H2,1-2H3/t7-,10-/m1/s1. The minimum atomic E-state index is -1.61. The molecule has 1 aromatic carbocycles. The Labute approximate surface area is 117 Å². The summed E-state index contributed by atoms with van der Waals surface area (Å²) in [5.41, 5.74) is -1.59. The van der Waals surface area contributed by atoms with E-state index in [0.29, 0.717) is 6.29 Å². The van der Waals surface area contributed by atoms with Gasteiger partial charge in [0.1, 0.15) is 12.9 Å². The zero-order chi connectivity index (χ0) is 15.9. The molecule has 1 aliphatic rings. The Morgan fingerprint density at radius 1 is 1.24 bits per heavy atom. The van der Waals surface area contributed by atoms with Crippen LogP contribution < -0.4 is 0 Å². The minimum absolute atomic E-state index is 0.0718. The summed E-state index contributed by atoms with van der Waals surface area (Å²) in [6.07, 6.45) is 0.606. The fourth-order valence-corrected chi connectivity index (χ4v) is 2.36. The van der Waals surface area contributed by atoms with Crippen molar-refractivity contribution in [1.82, 2.24) is 0 Å². The molecular formula is C14H12F4O3. The topological polar surface area (TPSA) is 43.4 Å². The Kier molecular flexibility index (Phi) is 3.78. The quantitative estimate of drug-likeness (QED) is 0.372. The highest BCUT2D eigenvalue weighted by molar-refractivity contribution is 5.84. The van der Waals surface area contributed by atoms with E-state index in [1.165, 1.54) is 0 Å². The van der Waals surface area contributed by atoms with E-state index in [1.54, 1.807) is 13.8 Å². The van der Waals surface area contributed by atoms with Crippen LogP contribution in [0.25, 0.3) is 0 Å². The number of hydrogen-bond acceptors (Lipinski definition) is 3. The summed E-state index contributed by atoms with van der Waals surface area (Å²) in [5.74, 6) is -8.45. The molecule has 1 aliphatic carbocycles. The Balaban J connectivity index is 2.12. The number of carbonyl (C=O) groups is 2. The van der Waals surface area contributed by atoms with E-state index in [0.717, 1.165) is 0 Å². The van der Waals surface area contributed by atoms with E-state index in [4.69, 9.17) is 0 Å². The Hall–Kier alpha value is -1.92. The summed E-state index contributed by atoms with van der Waals surface area (Å²) in [6, 6.07) is 0.0718. The number of rotatable bonds is 4. The van der Waals surface area contributed by atoms with Crippen LogP contribution in [0.4, 0.5) is 17.6 Å². The van der Waals surface area contributed by atoms with Crippen LogP contribution in [-0.4, -0.2) is 12.3 Å². The Bertz CT molecular complexity index is 586. The smallest absolute Gasteiger partial charge is 0.310 e. The van der Waals surface area contributed by atoms with Gasteiger partial charge in [0, 0.05) is 12.0 Å². The third kappa shape index (κ3) is 2.52. The van der Waals surface area contributed by atoms with Gasteiger partial charge in [-0.25, -0.2) is 17.6 Å². The molecule has 0 spiro atoms. The zero-order valence-electron chi connectivity index (χ0n) is 11.3. The second kappa shape index (κ2) is 5.13. The zero-order valence-corrected chi connectivity index (χ0v) is 11.3. The largest absolute Gasteiger partial charge is 0.460 e. The summed E-state index contributed by atoms with van der Waals surface area (Å²) >= 11 is 0. The molecule has 0 aliphatic heterocycles. The number of carbonyl (C=O) groups excluding carboxylic acids is 2. The van der Waals surface area contributed by atoms with Crippen LogP contribution in [0, 0.1) is 40.5 Å². The number of benzene rings is 1. The highest BCUT2D eigenvalue weighted by Gasteiger charge is 2.62. The van der Waals surface area contributed by atoms with Crippen LogP contribution in [-0.2, 0) is 20.9 Å². The lowest BCUT2D eigenvalue weighted by atomic mass is 10.1. The predicted molar refractivity (Wildman–Crippen MR) is 62.9 cm³/mol. The second-order valence-corrected chi connectivity index (χ2v) is 5.52. The van der Waals surface area contributed by atoms with Crippen LogP contribution >= 0.6 is 0 Å². The molecule has 1 aromatic rings. The summed E-state index contributed by atoms with van der Waals surface area (Å²) in [7, 11) is 0. The van der Waals surface area contributed by atoms with Crippen molar-refractivity contribution in [3.63, 3.8) is 0 Å². The average molecular weight is 304 g/mol. The van der Waals surface area contributed by atoms with Crippen molar-refractivity contribution in [3.8, 4) is 0 Å². The van der Waals surface area contributed by atoms with Crippen molar-refractivity contribution in [3.05, 3.63) is 34.9 Å². The third-order valence-corrected chi connectivity index (χ3v) is 3.87. The fraction of sp³-hybridized carbons (Fsp3) is 0.429. The van der Waals surface area contributed by atoms with Gasteiger partial charge >= 0.3 is 5.97 Å². The summed E-state index contributed by atoms with van der Waals surface area (Å²) in [4.78, 5) is 22.5. The monoisotopic (exact) mass is 304 g/mol. The van der Waals surface area contributed by atoms with Crippen molar-refractivity contribution < 1.29 is 31.9 Å². The molecule has 3 nitrogen and oxygen atoms in total. The average Bonchev–Trinajstić information content (AvgIpc) is 2.98. The molecule has 2 atom stereocenters. The molecule has 0 saturated heterocycles. The lowest BCUT2D eigenvalue weighted by Crippen LogP contribution is -2.13. The van der Waals surface area contributed by atoms with Crippen LogP contribution in [0.1, 0.15) is 19.4 Å². The van der Waals surface area contributed by atoms with Gasteiger partial charge in [-0.15, -0.1) is 0 Å². The summed E-state index contributed by atoms with van der Waals surface area (Å²) in [6.45, 7) is 2.39. The van der Waals surface area contributed by atoms with E-state index in [-0.39, 0.29) is 6.07 Å². The van der Waals surface area contributed by atoms with E-state index in [9.17, 15) is 27.2 Å². The maximum absolute atomic E-state index is 13.4. The van der Waals surface area contributed by atoms with Crippen LogP contribution in [0.15, 0.2) is 6.07 Å². The van der Waals surface area contributed by atoms with Gasteiger partial charge in [0.15, 0.2) is 23.3 Å². The molecule has 1 fully saturated rings. The van der Waals surface area contributed by atoms with Crippen molar-refractivity contribution in [2.45, 2.75) is 20.5 Å². The number of halogens is 4. The van der Waals surface area contributed by atoms with Crippen LogP contribution in [0.3, 0.4) is 0 Å². The normalized spacial score (nSPS) is 22.8. The first-order chi connectivity index (χ1) is 9.71. The molecule has 7 heteroatoms. The van der Waals surface area contributed by atoms with Gasteiger partial charge in [0.05, 0.1) is 11.5 Å². The molecule has 2 rings (SSSR count). The van der Waals surface area contributed by atoms with E-state index in [1.807, 2.05) is 0 Å². The van der Waals surface area contributed by atoms with Gasteiger partial charge < -0.3 is 9.53 Å². The molecule has 0 radical (unpaired) electrons. The van der Waals surface area contributed by atoms with Gasteiger partial charge in [0.25, 0.3) is 0 Å². The van der Waals surface area contributed by atoms with Gasteiger partial charge in [-0.1, -0.05) is 13.8 Å². The maximum Gasteiger partial charge on any atom is 0.310 e. The van der Waals surface area contributed by atoms with Crippen molar-refractivity contribution in [2.24, 2.45) is 17.3 Å². The first-order valence-corrected chi connectivity index (χ1v) is 6.15. The molecule has 0 N–H and O–H groups in total. The van der Waals surface area contributed by atoms with Gasteiger partial charge in [-0.2, -0.15) is 0 Å². The van der Waals surface area contributed by atoms with Crippen LogP contribution in [0.2, 0.25) is 0 Å². The minimum Gasteiger partial charge on any atom is -0.460 e. The highest BCUT2D eigenvalue weighted by atomic mass is 19.2. The Morgan fingerprint density at radius 2 is 1.76 bits per heavy atom. The number of esters is 1. The Morgan fingerprint density at radius 3 is 2.19 bits per heavy atom. The molecular weight excluding hydrogens is 292 g/mol.